The molecule has 5 nitrogen and oxygen atoms in total. The smallest absolute Gasteiger partial charge is 0.355 e. The van der Waals surface area contributed by atoms with Crippen molar-refractivity contribution in [3.05, 3.63) is 10.7 Å². The van der Waals surface area contributed by atoms with Crippen LogP contribution < -0.4 is 4.90 Å². The van der Waals surface area contributed by atoms with Gasteiger partial charge in [-0.1, -0.05) is 11.6 Å². The van der Waals surface area contributed by atoms with Gasteiger partial charge in [0.05, 0.1) is 0 Å². The van der Waals surface area contributed by atoms with E-state index in [1.165, 1.54) is 11.1 Å². The number of carboxylic acid groups (broad SMARTS) is 1. The van der Waals surface area contributed by atoms with Crippen LogP contribution in [0.4, 0.5) is 5.82 Å². The van der Waals surface area contributed by atoms with Gasteiger partial charge in [0, 0.05) is 20.1 Å². The number of nitrogens with zero attached hydrogens (tertiary/aromatic N) is 3. The lowest BCUT2D eigenvalue weighted by atomic mass is 10.1. The van der Waals surface area contributed by atoms with Crippen LogP contribution in [0.25, 0.3) is 0 Å². The normalized spacial score (nSPS) is 16.5. The van der Waals surface area contributed by atoms with E-state index in [2.05, 4.69) is 10.00 Å². The molecule has 1 aromatic rings. The molecule has 0 aromatic carbocycles. The molecule has 0 saturated carbocycles. The lowest BCUT2D eigenvalue weighted by molar-refractivity contribution is 0.0685. The number of aryl methyl sites for hydroxylation is 1. The maximum absolute atomic E-state index is 11.0. The second-order valence-corrected chi connectivity index (χ2v) is 4.34. The third-order valence-corrected chi connectivity index (χ3v) is 3.18. The largest absolute Gasteiger partial charge is 0.476 e. The van der Waals surface area contributed by atoms with Gasteiger partial charge >= 0.3 is 5.97 Å². The SMILES string of the molecule is Cn1nc(N2CCCCC2)c(Cl)c1C(=O)O. The van der Waals surface area contributed by atoms with Gasteiger partial charge < -0.3 is 10.0 Å². The maximum Gasteiger partial charge on any atom is 0.355 e. The molecular formula is C10H14ClN3O2. The number of rotatable bonds is 2. The van der Waals surface area contributed by atoms with Gasteiger partial charge in [-0.05, 0) is 19.3 Å². The summed E-state index contributed by atoms with van der Waals surface area (Å²) >= 11 is 6.05. The molecule has 0 spiro atoms. The highest BCUT2D eigenvalue weighted by Gasteiger charge is 2.24. The zero-order valence-electron chi connectivity index (χ0n) is 9.11. The molecule has 0 radical (unpaired) electrons. The fourth-order valence-corrected chi connectivity index (χ4v) is 2.38. The number of halogens is 1. The Morgan fingerprint density at radius 1 is 1.38 bits per heavy atom. The molecule has 2 rings (SSSR count). The quantitative estimate of drug-likeness (QED) is 0.860. The first-order valence-corrected chi connectivity index (χ1v) is 5.70. The van der Waals surface area contributed by atoms with Crippen molar-refractivity contribution >= 4 is 23.4 Å². The van der Waals surface area contributed by atoms with Crippen molar-refractivity contribution in [1.29, 1.82) is 0 Å². The highest BCUT2D eigenvalue weighted by Crippen LogP contribution is 2.29. The predicted molar refractivity (Wildman–Crippen MR) is 61.2 cm³/mol. The van der Waals surface area contributed by atoms with Gasteiger partial charge in [0.25, 0.3) is 0 Å². The molecule has 16 heavy (non-hydrogen) atoms. The molecule has 6 heteroatoms. The maximum atomic E-state index is 11.0. The molecule has 0 amide bonds. The summed E-state index contributed by atoms with van der Waals surface area (Å²) in [6.07, 6.45) is 3.43. The number of piperidine rings is 1. The molecule has 1 fully saturated rings. The highest BCUT2D eigenvalue weighted by molar-refractivity contribution is 6.35. The minimum Gasteiger partial charge on any atom is -0.476 e. The van der Waals surface area contributed by atoms with Crippen LogP contribution in [-0.4, -0.2) is 33.9 Å². The molecule has 1 saturated heterocycles. The first-order chi connectivity index (χ1) is 7.61. The molecule has 0 unspecified atom stereocenters. The number of aromatic carboxylic acids is 1. The average molecular weight is 244 g/mol. The molecule has 88 valence electrons. The summed E-state index contributed by atoms with van der Waals surface area (Å²) in [4.78, 5) is 13.0. The Bertz CT molecular complexity index is 410. The Kier molecular flexibility index (Phi) is 3.05. The van der Waals surface area contributed by atoms with E-state index in [1.54, 1.807) is 7.05 Å². The fraction of sp³-hybridized carbons (Fsp3) is 0.600. The summed E-state index contributed by atoms with van der Waals surface area (Å²) in [7, 11) is 1.60. The van der Waals surface area contributed by atoms with E-state index >= 15 is 0 Å². The minimum absolute atomic E-state index is 0.0576. The van der Waals surface area contributed by atoms with Crippen molar-refractivity contribution in [2.75, 3.05) is 18.0 Å². The number of hydrogen-bond donors (Lipinski definition) is 1. The molecule has 0 aliphatic carbocycles. The van der Waals surface area contributed by atoms with Gasteiger partial charge in [-0.2, -0.15) is 5.10 Å². The third-order valence-electron chi connectivity index (χ3n) is 2.83. The number of anilines is 1. The monoisotopic (exact) mass is 243 g/mol. The number of carboxylic acids is 1. The summed E-state index contributed by atoms with van der Waals surface area (Å²) in [6.45, 7) is 1.80. The van der Waals surface area contributed by atoms with E-state index < -0.39 is 5.97 Å². The molecular weight excluding hydrogens is 230 g/mol. The van der Waals surface area contributed by atoms with Crippen LogP contribution in [0.15, 0.2) is 0 Å². The van der Waals surface area contributed by atoms with E-state index in [4.69, 9.17) is 16.7 Å². The standard InChI is InChI=1S/C10H14ClN3O2/c1-13-8(10(15)16)7(11)9(12-13)14-5-3-2-4-6-14/h2-6H2,1H3,(H,15,16). The minimum atomic E-state index is -1.04. The lowest BCUT2D eigenvalue weighted by Crippen LogP contribution is -2.30. The van der Waals surface area contributed by atoms with E-state index in [1.807, 2.05) is 0 Å². The first kappa shape index (κ1) is 11.3. The van der Waals surface area contributed by atoms with Gasteiger partial charge in [-0.25, -0.2) is 4.79 Å². The molecule has 1 aliphatic heterocycles. The van der Waals surface area contributed by atoms with Crippen molar-refractivity contribution in [2.24, 2.45) is 7.05 Å². The number of aromatic nitrogens is 2. The van der Waals surface area contributed by atoms with Crippen molar-refractivity contribution in [1.82, 2.24) is 9.78 Å². The second kappa shape index (κ2) is 4.33. The van der Waals surface area contributed by atoms with Gasteiger partial charge in [0.1, 0.15) is 5.02 Å². The third kappa shape index (κ3) is 1.87. The van der Waals surface area contributed by atoms with Crippen molar-refractivity contribution in [2.45, 2.75) is 19.3 Å². The number of hydrogen-bond acceptors (Lipinski definition) is 3. The molecule has 1 aromatic heterocycles. The first-order valence-electron chi connectivity index (χ1n) is 5.32. The number of carbonyl (C=O) groups is 1. The Morgan fingerprint density at radius 2 is 2.00 bits per heavy atom. The lowest BCUT2D eigenvalue weighted by Gasteiger charge is -2.26. The molecule has 0 atom stereocenters. The summed E-state index contributed by atoms with van der Waals surface area (Å²) in [5, 5.41) is 13.4. The molecule has 0 bridgehead atoms. The van der Waals surface area contributed by atoms with Crippen LogP contribution in [-0.2, 0) is 7.05 Å². The molecule has 1 N–H and O–H groups in total. The van der Waals surface area contributed by atoms with E-state index in [9.17, 15) is 4.79 Å². The van der Waals surface area contributed by atoms with E-state index in [-0.39, 0.29) is 10.7 Å². The van der Waals surface area contributed by atoms with Crippen LogP contribution in [0.1, 0.15) is 29.8 Å². The Labute approximate surface area is 98.6 Å². The second-order valence-electron chi connectivity index (χ2n) is 3.96. The Morgan fingerprint density at radius 3 is 2.50 bits per heavy atom. The summed E-state index contributed by atoms with van der Waals surface area (Å²) < 4.78 is 1.33. The van der Waals surface area contributed by atoms with Crippen LogP contribution >= 0.6 is 11.6 Å². The molecule has 1 aliphatic rings. The topological polar surface area (TPSA) is 58.4 Å². The van der Waals surface area contributed by atoms with E-state index in [0.717, 1.165) is 25.9 Å². The summed E-state index contributed by atoms with van der Waals surface area (Å²) in [5.74, 6) is -0.440. The Balaban J connectivity index is 2.34. The van der Waals surface area contributed by atoms with Gasteiger partial charge in [-0.15, -0.1) is 0 Å². The van der Waals surface area contributed by atoms with Crippen molar-refractivity contribution in [3.8, 4) is 0 Å². The highest BCUT2D eigenvalue weighted by atomic mass is 35.5. The zero-order chi connectivity index (χ0) is 11.7. The fourth-order valence-electron chi connectivity index (χ4n) is 2.02. The van der Waals surface area contributed by atoms with E-state index in [0.29, 0.717) is 5.82 Å². The van der Waals surface area contributed by atoms with Gasteiger partial charge in [-0.3, -0.25) is 4.68 Å². The summed E-state index contributed by atoms with van der Waals surface area (Å²) in [6, 6.07) is 0. The van der Waals surface area contributed by atoms with Gasteiger partial charge in [0.15, 0.2) is 11.5 Å². The Hall–Kier alpha value is -1.23. The van der Waals surface area contributed by atoms with Crippen LogP contribution in [0.5, 0.6) is 0 Å². The van der Waals surface area contributed by atoms with Crippen molar-refractivity contribution in [3.63, 3.8) is 0 Å². The zero-order valence-corrected chi connectivity index (χ0v) is 9.87. The van der Waals surface area contributed by atoms with Gasteiger partial charge in [0.2, 0.25) is 0 Å². The van der Waals surface area contributed by atoms with Crippen LogP contribution in [0.3, 0.4) is 0 Å². The molecule has 2 heterocycles. The van der Waals surface area contributed by atoms with Crippen molar-refractivity contribution < 1.29 is 9.90 Å². The van der Waals surface area contributed by atoms with Crippen LogP contribution in [0.2, 0.25) is 5.02 Å². The summed E-state index contributed by atoms with van der Waals surface area (Å²) in [5.41, 5.74) is 0.0576. The van der Waals surface area contributed by atoms with Crippen LogP contribution in [0, 0.1) is 0 Å². The predicted octanol–water partition coefficient (Wildman–Crippen LogP) is 1.76. The average Bonchev–Trinajstić information content (AvgIpc) is 2.55.